The number of nitrogens with zero attached hydrogens (tertiary/aromatic N) is 4. The van der Waals surface area contributed by atoms with Crippen molar-refractivity contribution in [2.45, 2.75) is 19.4 Å². The van der Waals surface area contributed by atoms with Gasteiger partial charge in [-0.1, -0.05) is 18.2 Å². The van der Waals surface area contributed by atoms with Crippen LogP contribution >= 0.6 is 0 Å². The summed E-state index contributed by atoms with van der Waals surface area (Å²) in [5, 5.41) is 0. The molecule has 1 fully saturated rings. The van der Waals surface area contributed by atoms with Crippen LogP contribution in [0.2, 0.25) is 0 Å². The van der Waals surface area contributed by atoms with Crippen molar-refractivity contribution in [2.24, 2.45) is 0 Å². The van der Waals surface area contributed by atoms with Crippen LogP contribution in [-0.4, -0.2) is 39.8 Å². The third kappa shape index (κ3) is 4.51. The van der Waals surface area contributed by atoms with Crippen molar-refractivity contribution in [1.29, 1.82) is 0 Å². The molecule has 3 heterocycles. The van der Waals surface area contributed by atoms with Crippen molar-refractivity contribution in [2.75, 3.05) is 18.0 Å². The van der Waals surface area contributed by atoms with E-state index >= 15 is 0 Å². The summed E-state index contributed by atoms with van der Waals surface area (Å²) in [5.74, 6) is 0.161. The molecule has 1 saturated heterocycles. The first-order chi connectivity index (χ1) is 14.6. The van der Waals surface area contributed by atoms with E-state index in [1.54, 1.807) is 52.7 Å². The second-order valence-electron chi connectivity index (χ2n) is 7.17. The zero-order valence-electron chi connectivity index (χ0n) is 16.4. The van der Waals surface area contributed by atoms with Gasteiger partial charge in [-0.05, 0) is 47.9 Å². The summed E-state index contributed by atoms with van der Waals surface area (Å²) in [7, 11) is 0. The molecule has 152 valence electrons. The van der Waals surface area contributed by atoms with Crippen LogP contribution in [0.4, 0.5) is 15.0 Å². The molecule has 6 nitrogen and oxygen atoms in total. The number of hydrogen-bond donors (Lipinski definition) is 0. The number of halogens is 1. The average molecular weight is 404 g/mol. The Morgan fingerprint density at radius 3 is 2.63 bits per heavy atom. The van der Waals surface area contributed by atoms with Gasteiger partial charge in [0, 0.05) is 50.2 Å². The Labute approximate surface area is 174 Å². The molecule has 0 radical (unpaired) electrons. The monoisotopic (exact) mass is 404 g/mol. The van der Waals surface area contributed by atoms with Crippen molar-refractivity contribution >= 4 is 17.6 Å². The number of pyridine rings is 2. The normalized spacial score (nSPS) is 13.7. The molecular weight excluding hydrogens is 383 g/mol. The SMILES string of the molecule is O=C(CCc1cccnc1)c1ccnc(N2CCN(Cc3ccc(F)cc3)C2=O)c1. The molecule has 1 aromatic carbocycles. The molecule has 0 atom stereocenters. The fourth-order valence-electron chi connectivity index (χ4n) is 3.44. The maximum atomic E-state index is 13.1. The quantitative estimate of drug-likeness (QED) is 0.561. The van der Waals surface area contributed by atoms with E-state index < -0.39 is 0 Å². The van der Waals surface area contributed by atoms with E-state index in [1.165, 1.54) is 12.1 Å². The summed E-state index contributed by atoms with van der Waals surface area (Å²) in [6, 6.07) is 13.1. The van der Waals surface area contributed by atoms with Crippen LogP contribution in [0.3, 0.4) is 0 Å². The van der Waals surface area contributed by atoms with E-state index in [9.17, 15) is 14.0 Å². The van der Waals surface area contributed by atoms with E-state index in [0.717, 1.165) is 11.1 Å². The molecule has 0 saturated carbocycles. The van der Waals surface area contributed by atoms with Crippen molar-refractivity contribution in [3.63, 3.8) is 0 Å². The number of anilines is 1. The molecule has 0 spiro atoms. The Morgan fingerprint density at radius 2 is 1.87 bits per heavy atom. The largest absolute Gasteiger partial charge is 0.326 e. The Morgan fingerprint density at radius 1 is 1.03 bits per heavy atom. The van der Waals surface area contributed by atoms with E-state index in [0.29, 0.717) is 43.9 Å². The lowest BCUT2D eigenvalue weighted by Crippen LogP contribution is -2.32. The number of benzene rings is 1. The van der Waals surface area contributed by atoms with Gasteiger partial charge in [0.1, 0.15) is 11.6 Å². The molecule has 0 bridgehead atoms. The van der Waals surface area contributed by atoms with E-state index in [-0.39, 0.29) is 17.6 Å². The molecule has 0 N–H and O–H groups in total. The number of amides is 2. The van der Waals surface area contributed by atoms with Gasteiger partial charge in [0.05, 0.1) is 0 Å². The van der Waals surface area contributed by atoms with Gasteiger partial charge < -0.3 is 4.90 Å². The molecule has 3 aromatic rings. The Kier molecular flexibility index (Phi) is 5.79. The molecule has 0 unspecified atom stereocenters. The van der Waals surface area contributed by atoms with Crippen molar-refractivity contribution in [3.05, 3.63) is 89.6 Å². The Hall–Kier alpha value is -3.61. The fraction of sp³-hybridized carbons (Fsp3) is 0.217. The first-order valence-electron chi connectivity index (χ1n) is 9.79. The van der Waals surface area contributed by atoms with Gasteiger partial charge in [0.15, 0.2) is 5.78 Å². The van der Waals surface area contributed by atoms with Crippen LogP contribution in [0.5, 0.6) is 0 Å². The van der Waals surface area contributed by atoms with Crippen LogP contribution in [0.25, 0.3) is 0 Å². The first-order valence-corrected chi connectivity index (χ1v) is 9.79. The number of rotatable bonds is 7. The highest BCUT2D eigenvalue weighted by molar-refractivity contribution is 5.98. The van der Waals surface area contributed by atoms with Gasteiger partial charge >= 0.3 is 6.03 Å². The van der Waals surface area contributed by atoms with Gasteiger partial charge in [-0.3, -0.25) is 14.7 Å². The zero-order chi connectivity index (χ0) is 20.9. The smallest absolute Gasteiger partial charge is 0.318 e. The molecule has 1 aliphatic heterocycles. The third-order valence-corrected chi connectivity index (χ3v) is 5.09. The van der Waals surface area contributed by atoms with E-state index in [4.69, 9.17) is 0 Å². The second kappa shape index (κ2) is 8.82. The summed E-state index contributed by atoms with van der Waals surface area (Å²) in [5.41, 5.74) is 2.40. The Balaban J connectivity index is 1.41. The number of ketones is 1. The molecule has 0 aliphatic carbocycles. The van der Waals surface area contributed by atoms with Crippen LogP contribution < -0.4 is 4.90 Å². The maximum absolute atomic E-state index is 13.1. The van der Waals surface area contributed by atoms with Gasteiger partial charge in [0.25, 0.3) is 0 Å². The van der Waals surface area contributed by atoms with Crippen LogP contribution in [0.15, 0.2) is 67.1 Å². The zero-order valence-corrected chi connectivity index (χ0v) is 16.4. The van der Waals surface area contributed by atoms with E-state index in [1.807, 2.05) is 12.1 Å². The maximum Gasteiger partial charge on any atom is 0.326 e. The number of hydrogen-bond acceptors (Lipinski definition) is 4. The lowest BCUT2D eigenvalue weighted by molar-refractivity contribution is 0.0982. The molecule has 7 heteroatoms. The highest BCUT2D eigenvalue weighted by Gasteiger charge is 2.30. The molecule has 30 heavy (non-hydrogen) atoms. The van der Waals surface area contributed by atoms with Crippen molar-refractivity contribution in [3.8, 4) is 0 Å². The molecular formula is C23H21FN4O2. The first kappa shape index (κ1) is 19.7. The van der Waals surface area contributed by atoms with Crippen LogP contribution in [0, 0.1) is 5.82 Å². The topological polar surface area (TPSA) is 66.4 Å². The number of aryl methyl sites for hydroxylation is 1. The minimum atomic E-state index is -0.303. The van der Waals surface area contributed by atoms with Gasteiger partial charge in [0.2, 0.25) is 0 Å². The minimum absolute atomic E-state index is 0.00248. The fourth-order valence-corrected chi connectivity index (χ4v) is 3.44. The van der Waals surface area contributed by atoms with E-state index in [2.05, 4.69) is 9.97 Å². The lowest BCUT2D eigenvalue weighted by Gasteiger charge is -2.18. The predicted octanol–water partition coefficient (Wildman–Crippen LogP) is 3.87. The van der Waals surface area contributed by atoms with Crippen LogP contribution in [0.1, 0.15) is 27.9 Å². The summed E-state index contributed by atoms with van der Waals surface area (Å²) >= 11 is 0. The molecule has 1 aliphatic rings. The highest BCUT2D eigenvalue weighted by Crippen LogP contribution is 2.21. The minimum Gasteiger partial charge on any atom is -0.318 e. The summed E-state index contributed by atoms with van der Waals surface area (Å²) in [6.07, 6.45) is 5.98. The lowest BCUT2D eigenvalue weighted by atomic mass is 10.0. The Bertz CT molecular complexity index is 1040. The molecule has 2 aromatic heterocycles. The molecule has 2 amide bonds. The number of Topliss-reactive ketones (excluding diaryl/α,β-unsaturated/α-hetero) is 1. The summed E-state index contributed by atoms with van der Waals surface area (Å²) in [4.78, 5) is 37.0. The van der Waals surface area contributed by atoms with Gasteiger partial charge in [-0.25, -0.2) is 14.2 Å². The van der Waals surface area contributed by atoms with Crippen LogP contribution in [-0.2, 0) is 13.0 Å². The number of carbonyl (C=O) groups excluding carboxylic acids is 2. The summed E-state index contributed by atoms with van der Waals surface area (Å²) in [6.45, 7) is 1.43. The van der Waals surface area contributed by atoms with Crippen molar-refractivity contribution < 1.29 is 14.0 Å². The predicted molar refractivity (Wildman–Crippen MR) is 111 cm³/mol. The van der Waals surface area contributed by atoms with Gasteiger partial charge in [-0.2, -0.15) is 0 Å². The number of aromatic nitrogens is 2. The average Bonchev–Trinajstić information content (AvgIpc) is 3.14. The summed E-state index contributed by atoms with van der Waals surface area (Å²) < 4.78 is 13.1. The van der Waals surface area contributed by atoms with Gasteiger partial charge in [-0.15, -0.1) is 0 Å². The second-order valence-corrected chi connectivity index (χ2v) is 7.17. The number of urea groups is 1. The number of carbonyl (C=O) groups is 2. The van der Waals surface area contributed by atoms with Crippen molar-refractivity contribution in [1.82, 2.24) is 14.9 Å². The molecule has 4 rings (SSSR count). The standard InChI is InChI=1S/C23H21FN4O2/c24-20-6-3-18(4-7-20)16-27-12-13-28(23(27)30)22-14-19(9-11-26-22)21(29)8-5-17-2-1-10-25-15-17/h1-4,6-7,9-11,14-15H,5,8,12-13,16H2. The third-order valence-electron chi connectivity index (χ3n) is 5.09. The highest BCUT2D eigenvalue weighted by atomic mass is 19.1.